The van der Waals surface area contributed by atoms with Gasteiger partial charge in [0.15, 0.2) is 0 Å². The normalized spacial score (nSPS) is 23.8. The Balaban J connectivity index is 2.15. The highest BCUT2D eigenvalue weighted by molar-refractivity contribution is 5.81. The van der Waals surface area contributed by atoms with Gasteiger partial charge in [-0.1, -0.05) is 37.3 Å². The molecule has 20 heavy (non-hydrogen) atoms. The molecule has 1 saturated heterocycles. The highest BCUT2D eigenvalue weighted by Gasteiger charge is 2.37. The Morgan fingerprint density at radius 3 is 2.65 bits per heavy atom. The molecule has 0 aromatic heterocycles. The fraction of sp³-hybridized carbons (Fsp3) is 0.588. The predicted octanol–water partition coefficient (Wildman–Crippen LogP) is 3.15. The van der Waals surface area contributed by atoms with Crippen LogP contribution in [-0.2, 0) is 10.2 Å². The van der Waals surface area contributed by atoms with E-state index in [1.165, 1.54) is 19.3 Å². The minimum absolute atomic E-state index is 0.596. The minimum Gasteiger partial charge on any atom is -0.481 e. The van der Waals surface area contributed by atoms with Gasteiger partial charge in [0.2, 0.25) is 0 Å². The molecule has 1 heterocycles. The van der Waals surface area contributed by atoms with Gasteiger partial charge in [0.1, 0.15) is 5.41 Å². The molecule has 2 atom stereocenters. The van der Waals surface area contributed by atoms with E-state index < -0.39 is 11.4 Å². The first-order valence-electron chi connectivity index (χ1n) is 7.53. The second-order valence-electron chi connectivity index (χ2n) is 6.32. The number of aliphatic carboxylic acids is 1. The van der Waals surface area contributed by atoms with Crippen LogP contribution in [0.2, 0.25) is 0 Å². The Kier molecular flexibility index (Phi) is 4.81. The molecule has 0 saturated carbocycles. The van der Waals surface area contributed by atoms with Crippen LogP contribution >= 0.6 is 0 Å². The van der Waals surface area contributed by atoms with E-state index in [0.717, 1.165) is 24.6 Å². The van der Waals surface area contributed by atoms with Gasteiger partial charge in [0.25, 0.3) is 0 Å². The van der Waals surface area contributed by atoms with Crippen molar-refractivity contribution in [3.05, 3.63) is 35.9 Å². The monoisotopic (exact) mass is 275 g/mol. The summed E-state index contributed by atoms with van der Waals surface area (Å²) >= 11 is 0. The zero-order valence-electron chi connectivity index (χ0n) is 12.5. The lowest BCUT2D eigenvalue weighted by molar-refractivity contribution is -0.144. The van der Waals surface area contributed by atoms with E-state index in [0.29, 0.717) is 6.54 Å². The van der Waals surface area contributed by atoms with Gasteiger partial charge in [-0.3, -0.25) is 4.79 Å². The number of hydrogen-bond donors (Lipinski definition) is 1. The molecule has 3 nitrogen and oxygen atoms in total. The van der Waals surface area contributed by atoms with Crippen LogP contribution < -0.4 is 0 Å². The SMILES string of the molecule is CC1CCCN(CC(C)(C(=O)O)c2ccccc2)CC1. The molecule has 0 radical (unpaired) electrons. The van der Waals surface area contributed by atoms with Gasteiger partial charge in [-0.05, 0) is 50.8 Å². The lowest BCUT2D eigenvalue weighted by atomic mass is 9.82. The van der Waals surface area contributed by atoms with Gasteiger partial charge in [-0.15, -0.1) is 0 Å². The molecule has 0 aliphatic carbocycles. The molecule has 0 bridgehead atoms. The average molecular weight is 275 g/mol. The third kappa shape index (κ3) is 3.40. The zero-order chi connectivity index (χ0) is 14.6. The van der Waals surface area contributed by atoms with Crippen LogP contribution in [0, 0.1) is 5.92 Å². The lowest BCUT2D eigenvalue weighted by Gasteiger charge is -2.32. The summed E-state index contributed by atoms with van der Waals surface area (Å²) in [4.78, 5) is 14.1. The highest BCUT2D eigenvalue weighted by Crippen LogP contribution is 2.27. The van der Waals surface area contributed by atoms with E-state index in [1.54, 1.807) is 0 Å². The number of likely N-dealkylation sites (tertiary alicyclic amines) is 1. The second-order valence-corrected chi connectivity index (χ2v) is 6.32. The van der Waals surface area contributed by atoms with Crippen LogP contribution in [0.3, 0.4) is 0 Å². The number of carboxylic acids is 1. The number of carbonyl (C=O) groups is 1. The van der Waals surface area contributed by atoms with Crippen LogP contribution in [0.5, 0.6) is 0 Å². The molecule has 1 aromatic carbocycles. The molecule has 1 N–H and O–H groups in total. The minimum atomic E-state index is -0.825. The van der Waals surface area contributed by atoms with Crippen molar-refractivity contribution in [3.63, 3.8) is 0 Å². The van der Waals surface area contributed by atoms with Crippen LogP contribution in [0.4, 0.5) is 0 Å². The predicted molar refractivity (Wildman–Crippen MR) is 80.9 cm³/mol. The topological polar surface area (TPSA) is 40.5 Å². The van der Waals surface area contributed by atoms with Gasteiger partial charge in [0.05, 0.1) is 0 Å². The molecule has 0 amide bonds. The molecular formula is C17H25NO2. The Labute approximate surface area is 121 Å². The molecule has 1 aliphatic heterocycles. The van der Waals surface area contributed by atoms with Crippen molar-refractivity contribution in [2.75, 3.05) is 19.6 Å². The summed E-state index contributed by atoms with van der Waals surface area (Å²) in [6.45, 7) is 6.76. The van der Waals surface area contributed by atoms with E-state index in [-0.39, 0.29) is 0 Å². The first-order valence-corrected chi connectivity index (χ1v) is 7.53. The Morgan fingerprint density at radius 2 is 2.00 bits per heavy atom. The van der Waals surface area contributed by atoms with E-state index in [2.05, 4.69) is 11.8 Å². The summed E-state index contributed by atoms with van der Waals surface area (Å²) in [6.07, 6.45) is 3.60. The smallest absolute Gasteiger partial charge is 0.315 e. The van der Waals surface area contributed by atoms with Crippen molar-refractivity contribution in [1.82, 2.24) is 4.90 Å². The number of nitrogens with zero attached hydrogens (tertiary/aromatic N) is 1. The van der Waals surface area contributed by atoms with Crippen molar-refractivity contribution >= 4 is 5.97 Å². The Bertz CT molecular complexity index is 446. The molecule has 110 valence electrons. The lowest BCUT2D eigenvalue weighted by Crippen LogP contribution is -2.45. The number of carboxylic acid groups (broad SMARTS) is 1. The fourth-order valence-electron chi connectivity index (χ4n) is 3.02. The molecule has 2 rings (SSSR count). The molecule has 1 fully saturated rings. The second kappa shape index (κ2) is 6.40. The van der Waals surface area contributed by atoms with Crippen LogP contribution in [0.15, 0.2) is 30.3 Å². The standard InChI is InChI=1S/C17H25NO2/c1-14-7-6-11-18(12-10-14)13-17(2,16(19)20)15-8-4-3-5-9-15/h3-5,8-9,14H,6-7,10-13H2,1-2H3,(H,19,20). The van der Waals surface area contributed by atoms with E-state index in [1.807, 2.05) is 37.3 Å². The van der Waals surface area contributed by atoms with Gasteiger partial charge in [-0.2, -0.15) is 0 Å². The summed E-state index contributed by atoms with van der Waals surface area (Å²) in [5.41, 5.74) is 0.0688. The molecule has 0 spiro atoms. The molecule has 1 aliphatic rings. The maximum Gasteiger partial charge on any atom is 0.315 e. The third-order valence-corrected chi connectivity index (χ3v) is 4.53. The van der Waals surface area contributed by atoms with Crippen molar-refractivity contribution in [2.45, 2.75) is 38.5 Å². The Hall–Kier alpha value is -1.35. The van der Waals surface area contributed by atoms with Gasteiger partial charge in [-0.25, -0.2) is 0 Å². The molecule has 2 unspecified atom stereocenters. The van der Waals surface area contributed by atoms with Gasteiger partial charge < -0.3 is 10.0 Å². The van der Waals surface area contributed by atoms with Crippen LogP contribution in [0.1, 0.15) is 38.7 Å². The van der Waals surface area contributed by atoms with Crippen molar-refractivity contribution in [2.24, 2.45) is 5.92 Å². The maximum absolute atomic E-state index is 11.8. The summed E-state index contributed by atoms with van der Waals surface area (Å²) < 4.78 is 0. The van der Waals surface area contributed by atoms with Gasteiger partial charge >= 0.3 is 5.97 Å². The van der Waals surface area contributed by atoms with Crippen LogP contribution in [0.25, 0.3) is 0 Å². The van der Waals surface area contributed by atoms with E-state index in [4.69, 9.17) is 0 Å². The number of rotatable bonds is 4. The van der Waals surface area contributed by atoms with Crippen LogP contribution in [-0.4, -0.2) is 35.6 Å². The summed E-state index contributed by atoms with van der Waals surface area (Å²) in [5.74, 6) is 0.0220. The largest absolute Gasteiger partial charge is 0.481 e. The molecular weight excluding hydrogens is 250 g/mol. The molecule has 3 heteroatoms. The third-order valence-electron chi connectivity index (χ3n) is 4.53. The Morgan fingerprint density at radius 1 is 1.30 bits per heavy atom. The highest BCUT2D eigenvalue weighted by atomic mass is 16.4. The summed E-state index contributed by atoms with van der Waals surface area (Å²) in [7, 11) is 0. The van der Waals surface area contributed by atoms with Crippen molar-refractivity contribution < 1.29 is 9.90 Å². The van der Waals surface area contributed by atoms with Crippen molar-refractivity contribution in [1.29, 1.82) is 0 Å². The fourth-order valence-corrected chi connectivity index (χ4v) is 3.02. The first kappa shape index (κ1) is 15.0. The molecule has 1 aromatic rings. The zero-order valence-corrected chi connectivity index (χ0v) is 12.5. The van der Waals surface area contributed by atoms with E-state index >= 15 is 0 Å². The number of hydrogen-bond acceptors (Lipinski definition) is 2. The summed E-state index contributed by atoms with van der Waals surface area (Å²) in [5, 5.41) is 9.71. The first-order chi connectivity index (χ1) is 9.52. The number of benzene rings is 1. The summed E-state index contributed by atoms with van der Waals surface area (Å²) in [6, 6.07) is 9.62. The van der Waals surface area contributed by atoms with E-state index in [9.17, 15) is 9.90 Å². The van der Waals surface area contributed by atoms with Crippen molar-refractivity contribution in [3.8, 4) is 0 Å². The van der Waals surface area contributed by atoms with Gasteiger partial charge in [0, 0.05) is 6.54 Å². The quantitative estimate of drug-likeness (QED) is 0.917. The maximum atomic E-state index is 11.8. The average Bonchev–Trinajstić information content (AvgIpc) is 2.64.